The van der Waals surface area contributed by atoms with Crippen molar-refractivity contribution >= 4 is 35.0 Å². The van der Waals surface area contributed by atoms with Gasteiger partial charge in [0.25, 0.3) is 5.91 Å². The van der Waals surface area contributed by atoms with Gasteiger partial charge >= 0.3 is 0 Å². The van der Waals surface area contributed by atoms with Crippen LogP contribution in [0.2, 0.25) is 0 Å². The average Bonchev–Trinajstić information content (AvgIpc) is 3.03. The molecule has 0 atom stereocenters. The molecule has 1 N–H and O–H groups in total. The second-order valence-corrected chi connectivity index (χ2v) is 6.80. The fourth-order valence-corrected chi connectivity index (χ4v) is 3.67. The number of thioether (sulfide) groups is 1. The Kier molecular flexibility index (Phi) is 5.48. The molecule has 0 saturated carbocycles. The predicted molar refractivity (Wildman–Crippen MR) is 105 cm³/mol. The summed E-state index contributed by atoms with van der Waals surface area (Å²) in [6, 6.07) is 16.1. The van der Waals surface area contributed by atoms with Gasteiger partial charge in [-0.3, -0.25) is 14.5 Å². The summed E-state index contributed by atoms with van der Waals surface area (Å²) in [5.74, 6) is 0.0981. The Balaban J connectivity index is 1.94. The molecule has 1 aliphatic heterocycles. The number of hydrogen-bond acceptors (Lipinski definition) is 5. The molecule has 0 aromatic heterocycles. The fraction of sp³-hybridized carbons (Fsp3) is 0.150. The number of ether oxygens (including phenoxy) is 1. The van der Waals surface area contributed by atoms with E-state index in [9.17, 15) is 14.9 Å². The molecule has 136 valence electrons. The molecule has 2 aromatic rings. The van der Waals surface area contributed by atoms with Gasteiger partial charge < -0.3 is 10.1 Å². The van der Waals surface area contributed by atoms with E-state index in [4.69, 9.17) is 4.74 Å². The molecule has 1 aliphatic rings. The summed E-state index contributed by atoms with van der Waals surface area (Å²) in [5.41, 5.74) is 2.07. The van der Waals surface area contributed by atoms with E-state index in [2.05, 4.69) is 5.32 Å². The zero-order valence-corrected chi connectivity index (χ0v) is 15.7. The predicted octanol–water partition coefficient (Wildman–Crippen LogP) is 3.46. The number of hydrogen-bond donors (Lipinski definition) is 1. The van der Waals surface area contributed by atoms with Gasteiger partial charge in [-0.25, -0.2) is 0 Å². The second-order valence-electron chi connectivity index (χ2n) is 5.83. The summed E-state index contributed by atoms with van der Waals surface area (Å²) in [5, 5.41) is 12.6. The Labute approximate surface area is 161 Å². The number of anilines is 2. The fourth-order valence-electron chi connectivity index (χ4n) is 2.66. The summed E-state index contributed by atoms with van der Waals surface area (Å²) in [6.07, 6.45) is 0. The van der Waals surface area contributed by atoms with Gasteiger partial charge in [-0.2, -0.15) is 5.26 Å². The third-order valence-electron chi connectivity index (χ3n) is 3.94. The van der Waals surface area contributed by atoms with Crippen LogP contribution in [0, 0.1) is 18.3 Å². The third kappa shape index (κ3) is 3.96. The van der Waals surface area contributed by atoms with Crippen LogP contribution in [-0.2, 0) is 9.59 Å². The van der Waals surface area contributed by atoms with Crippen molar-refractivity contribution < 1.29 is 14.3 Å². The summed E-state index contributed by atoms with van der Waals surface area (Å²) in [6.45, 7) is 1.91. The van der Waals surface area contributed by atoms with E-state index in [1.807, 2.05) is 31.2 Å². The maximum Gasteiger partial charge on any atom is 0.269 e. The number of nitrogens with zero attached hydrogens (tertiary/aromatic N) is 2. The van der Waals surface area contributed by atoms with Crippen molar-refractivity contribution in [3.63, 3.8) is 0 Å². The van der Waals surface area contributed by atoms with Gasteiger partial charge in [-0.05, 0) is 48.9 Å². The molecule has 0 aliphatic carbocycles. The Bertz CT molecular complexity index is 961. The van der Waals surface area contributed by atoms with Crippen molar-refractivity contribution in [2.45, 2.75) is 6.92 Å². The summed E-state index contributed by atoms with van der Waals surface area (Å²) < 4.78 is 5.13. The first-order chi connectivity index (χ1) is 13.0. The van der Waals surface area contributed by atoms with Crippen molar-refractivity contribution in [2.75, 3.05) is 23.1 Å². The molecular weight excluding hydrogens is 362 g/mol. The molecular formula is C20H17N3O3S. The van der Waals surface area contributed by atoms with Gasteiger partial charge in [0.1, 0.15) is 22.4 Å². The van der Waals surface area contributed by atoms with Crippen LogP contribution >= 0.6 is 11.8 Å². The average molecular weight is 379 g/mol. The van der Waals surface area contributed by atoms with Gasteiger partial charge in [-0.1, -0.05) is 23.9 Å². The lowest BCUT2D eigenvalue weighted by Gasteiger charge is -2.18. The molecule has 1 saturated heterocycles. The molecule has 7 heteroatoms. The summed E-state index contributed by atoms with van der Waals surface area (Å²) >= 11 is 1.18. The van der Waals surface area contributed by atoms with Crippen LogP contribution < -0.4 is 15.0 Å². The number of benzene rings is 2. The van der Waals surface area contributed by atoms with Crippen molar-refractivity contribution in [1.29, 1.82) is 5.26 Å². The minimum Gasteiger partial charge on any atom is -0.497 e. The van der Waals surface area contributed by atoms with Crippen molar-refractivity contribution in [3.8, 4) is 11.8 Å². The van der Waals surface area contributed by atoms with Crippen LogP contribution in [0.1, 0.15) is 5.56 Å². The third-order valence-corrected chi connectivity index (χ3v) is 5.00. The number of aryl methyl sites for hydroxylation is 1. The van der Waals surface area contributed by atoms with Gasteiger partial charge in [0.2, 0.25) is 5.91 Å². The molecule has 0 bridgehead atoms. The van der Waals surface area contributed by atoms with Crippen LogP contribution in [0.3, 0.4) is 0 Å². The molecule has 3 rings (SSSR count). The van der Waals surface area contributed by atoms with Crippen LogP contribution in [0.5, 0.6) is 5.75 Å². The lowest BCUT2D eigenvalue weighted by Crippen LogP contribution is -2.26. The number of methoxy groups -OCH3 is 1. The maximum absolute atomic E-state index is 12.7. The first kappa shape index (κ1) is 18.5. The topological polar surface area (TPSA) is 82.4 Å². The molecule has 0 unspecified atom stereocenters. The molecule has 6 nitrogen and oxygen atoms in total. The molecule has 2 amide bonds. The minimum atomic E-state index is -0.543. The smallest absolute Gasteiger partial charge is 0.269 e. The number of carbonyl (C=O) groups is 2. The summed E-state index contributed by atoms with van der Waals surface area (Å²) in [7, 11) is 1.56. The quantitative estimate of drug-likeness (QED) is 0.650. The molecule has 1 heterocycles. The van der Waals surface area contributed by atoms with Crippen molar-refractivity contribution in [1.82, 2.24) is 0 Å². The molecule has 2 aromatic carbocycles. The molecule has 1 fully saturated rings. The van der Waals surface area contributed by atoms with Crippen molar-refractivity contribution in [3.05, 3.63) is 64.7 Å². The standard InChI is InChI=1S/C20H17N3O3S/c1-13-4-3-5-14(10-13)22-19(25)17(11-21)20-23(18(24)12-27-20)15-6-8-16(26-2)9-7-15/h3-10H,12H2,1-2H3,(H,22,25)/b20-17-. The van der Waals surface area contributed by atoms with Gasteiger partial charge in [0.15, 0.2) is 0 Å². The Hall–Kier alpha value is -3.24. The number of carbonyl (C=O) groups excluding carboxylic acids is 2. The second kappa shape index (κ2) is 7.98. The highest BCUT2D eigenvalue weighted by Crippen LogP contribution is 2.36. The van der Waals surface area contributed by atoms with Gasteiger partial charge in [0, 0.05) is 11.4 Å². The number of rotatable bonds is 4. The first-order valence-electron chi connectivity index (χ1n) is 8.15. The largest absolute Gasteiger partial charge is 0.497 e. The van der Waals surface area contributed by atoms with Crippen LogP contribution in [0.15, 0.2) is 59.1 Å². The van der Waals surface area contributed by atoms with Crippen LogP contribution in [-0.4, -0.2) is 24.7 Å². The maximum atomic E-state index is 12.7. The lowest BCUT2D eigenvalue weighted by molar-refractivity contribution is -0.115. The zero-order chi connectivity index (χ0) is 19.4. The van der Waals surface area contributed by atoms with E-state index >= 15 is 0 Å². The lowest BCUT2D eigenvalue weighted by atomic mass is 10.2. The highest BCUT2D eigenvalue weighted by molar-refractivity contribution is 8.04. The van der Waals surface area contributed by atoms with E-state index in [1.165, 1.54) is 16.7 Å². The van der Waals surface area contributed by atoms with Crippen LogP contribution in [0.25, 0.3) is 0 Å². The zero-order valence-electron chi connectivity index (χ0n) is 14.9. The normalized spacial score (nSPS) is 15.3. The van der Waals surface area contributed by atoms with Crippen molar-refractivity contribution in [2.24, 2.45) is 0 Å². The van der Waals surface area contributed by atoms with E-state index < -0.39 is 5.91 Å². The van der Waals surface area contributed by atoms with Crippen LogP contribution in [0.4, 0.5) is 11.4 Å². The van der Waals surface area contributed by atoms with E-state index in [1.54, 1.807) is 37.4 Å². The highest BCUT2D eigenvalue weighted by Gasteiger charge is 2.33. The van der Waals surface area contributed by atoms with E-state index in [0.717, 1.165) is 5.56 Å². The Morgan fingerprint density at radius 1 is 1.26 bits per heavy atom. The number of nitrogens with one attached hydrogen (secondary N) is 1. The Morgan fingerprint density at radius 3 is 2.63 bits per heavy atom. The molecule has 0 spiro atoms. The summed E-state index contributed by atoms with van der Waals surface area (Å²) in [4.78, 5) is 26.4. The van der Waals surface area contributed by atoms with Gasteiger partial charge in [-0.15, -0.1) is 0 Å². The highest BCUT2D eigenvalue weighted by atomic mass is 32.2. The molecule has 27 heavy (non-hydrogen) atoms. The monoisotopic (exact) mass is 379 g/mol. The first-order valence-corrected chi connectivity index (χ1v) is 9.14. The number of amides is 2. The van der Waals surface area contributed by atoms with Gasteiger partial charge in [0.05, 0.1) is 12.9 Å². The number of nitriles is 1. The van der Waals surface area contributed by atoms with E-state index in [0.29, 0.717) is 22.2 Å². The molecule has 0 radical (unpaired) electrons. The SMILES string of the molecule is COc1ccc(N2C(=O)CS/C2=C(/C#N)C(=O)Nc2cccc(C)c2)cc1. The van der Waals surface area contributed by atoms with E-state index in [-0.39, 0.29) is 17.2 Å². The minimum absolute atomic E-state index is 0.0943. The Morgan fingerprint density at radius 2 is 2.00 bits per heavy atom.